The standard InChI is InChI=1S/C13H14Br2O3/c1-13(2,3)18-12(17)8-4-5-10(15)9(6-8)11(16)7-14/h4-6H,7H2,1-3H3. The number of halogens is 2. The van der Waals surface area contributed by atoms with Gasteiger partial charge in [-0.2, -0.15) is 0 Å². The third kappa shape index (κ3) is 4.21. The Bertz CT molecular complexity index is 476. The van der Waals surface area contributed by atoms with E-state index in [1.54, 1.807) is 39.0 Å². The highest BCUT2D eigenvalue weighted by Crippen LogP contribution is 2.21. The minimum Gasteiger partial charge on any atom is -0.456 e. The third-order valence-electron chi connectivity index (χ3n) is 2.02. The molecule has 0 atom stereocenters. The van der Waals surface area contributed by atoms with Crippen LogP contribution in [0.5, 0.6) is 0 Å². The average Bonchev–Trinajstić information content (AvgIpc) is 2.26. The van der Waals surface area contributed by atoms with E-state index in [1.807, 2.05) is 0 Å². The molecule has 0 radical (unpaired) electrons. The van der Waals surface area contributed by atoms with Crippen LogP contribution in [0.2, 0.25) is 0 Å². The van der Waals surface area contributed by atoms with Crippen molar-refractivity contribution in [3.63, 3.8) is 0 Å². The number of alkyl halides is 1. The monoisotopic (exact) mass is 376 g/mol. The van der Waals surface area contributed by atoms with E-state index in [1.165, 1.54) is 0 Å². The van der Waals surface area contributed by atoms with Gasteiger partial charge in [0.1, 0.15) is 5.60 Å². The topological polar surface area (TPSA) is 43.4 Å². The highest BCUT2D eigenvalue weighted by atomic mass is 79.9. The Kier molecular flexibility index (Phi) is 5.10. The molecule has 1 rings (SSSR count). The first-order valence-corrected chi connectivity index (χ1v) is 7.28. The molecule has 0 aromatic heterocycles. The Hall–Kier alpha value is -0.680. The predicted molar refractivity (Wildman–Crippen MR) is 77.4 cm³/mol. The minimum atomic E-state index is -0.552. The predicted octanol–water partition coefficient (Wildman–Crippen LogP) is 3.98. The van der Waals surface area contributed by atoms with Gasteiger partial charge in [-0.25, -0.2) is 4.79 Å². The van der Waals surface area contributed by atoms with E-state index in [9.17, 15) is 9.59 Å². The molecule has 18 heavy (non-hydrogen) atoms. The van der Waals surface area contributed by atoms with E-state index < -0.39 is 11.6 Å². The molecule has 0 saturated carbocycles. The minimum absolute atomic E-state index is 0.0905. The second-order valence-electron chi connectivity index (χ2n) is 4.75. The van der Waals surface area contributed by atoms with Crippen LogP contribution >= 0.6 is 31.9 Å². The van der Waals surface area contributed by atoms with E-state index in [0.717, 1.165) is 0 Å². The summed E-state index contributed by atoms with van der Waals surface area (Å²) in [6.45, 7) is 5.40. The van der Waals surface area contributed by atoms with Crippen LogP contribution in [0.15, 0.2) is 22.7 Å². The SMILES string of the molecule is CC(C)(C)OC(=O)c1ccc(Br)c(C(=O)CBr)c1. The van der Waals surface area contributed by atoms with Gasteiger partial charge in [-0.15, -0.1) is 0 Å². The number of hydrogen-bond donors (Lipinski definition) is 0. The fourth-order valence-corrected chi connectivity index (χ4v) is 2.04. The number of rotatable bonds is 3. The number of hydrogen-bond acceptors (Lipinski definition) is 3. The first kappa shape index (κ1) is 15.4. The average molecular weight is 378 g/mol. The number of carbonyl (C=O) groups is 2. The van der Waals surface area contributed by atoms with Gasteiger partial charge in [-0.3, -0.25) is 4.79 Å². The molecule has 0 amide bonds. The van der Waals surface area contributed by atoms with Gasteiger partial charge in [0.2, 0.25) is 0 Å². The highest BCUT2D eigenvalue weighted by molar-refractivity contribution is 9.10. The molecule has 0 aliphatic heterocycles. The van der Waals surface area contributed by atoms with Gasteiger partial charge in [0.15, 0.2) is 5.78 Å². The van der Waals surface area contributed by atoms with Crippen molar-refractivity contribution >= 4 is 43.6 Å². The van der Waals surface area contributed by atoms with Crippen molar-refractivity contribution in [1.82, 2.24) is 0 Å². The summed E-state index contributed by atoms with van der Waals surface area (Å²) in [5.41, 5.74) is 0.289. The molecule has 0 bridgehead atoms. The van der Waals surface area contributed by atoms with E-state index in [4.69, 9.17) is 4.74 Å². The van der Waals surface area contributed by atoms with Crippen LogP contribution in [-0.4, -0.2) is 22.7 Å². The summed E-state index contributed by atoms with van der Waals surface area (Å²) in [5, 5.41) is 0.212. The lowest BCUT2D eigenvalue weighted by atomic mass is 10.1. The van der Waals surface area contributed by atoms with E-state index in [0.29, 0.717) is 15.6 Å². The summed E-state index contributed by atoms with van der Waals surface area (Å²) in [6, 6.07) is 4.85. The van der Waals surface area contributed by atoms with E-state index in [-0.39, 0.29) is 11.1 Å². The van der Waals surface area contributed by atoms with Crippen molar-refractivity contribution in [2.45, 2.75) is 26.4 Å². The van der Waals surface area contributed by atoms with Crippen molar-refractivity contribution < 1.29 is 14.3 Å². The smallest absolute Gasteiger partial charge is 0.338 e. The quantitative estimate of drug-likeness (QED) is 0.454. The molecule has 1 aromatic carbocycles. The molecule has 0 heterocycles. The Balaban J connectivity index is 3.05. The van der Waals surface area contributed by atoms with E-state index in [2.05, 4.69) is 31.9 Å². The molecule has 3 nitrogen and oxygen atoms in total. The van der Waals surface area contributed by atoms with Crippen LogP contribution in [-0.2, 0) is 4.74 Å². The molecule has 0 aliphatic rings. The van der Waals surface area contributed by atoms with E-state index >= 15 is 0 Å². The van der Waals surface area contributed by atoms with Crippen LogP contribution in [0, 0.1) is 0 Å². The van der Waals surface area contributed by atoms with Crippen molar-refractivity contribution in [2.75, 3.05) is 5.33 Å². The zero-order valence-corrected chi connectivity index (χ0v) is 13.6. The maximum atomic E-state index is 11.9. The van der Waals surface area contributed by atoms with Gasteiger partial charge in [-0.1, -0.05) is 31.9 Å². The molecular weight excluding hydrogens is 364 g/mol. The molecule has 5 heteroatoms. The van der Waals surface area contributed by atoms with Crippen molar-refractivity contribution in [3.05, 3.63) is 33.8 Å². The molecule has 1 aromatic rings. The van der Waals surface area contributed by atoms with Gasteiger partial charge in [0.05, 0.1) is 10.9 Å². The Morgan fingerprint density at radius 3 is 2.39 bits per heavy atom. The van der Waals surface area contributed by atoms with Crippen LogP contribution in [0.25, 0.3) is 0 Å². The lowest BCUT2D eigenvalue weighted by Crippen LogP contribution is -2.24. The summed E-state index contributed by atoms with van der Waals surface area (Å²) in [7, 11) is 0. The maximum absolute atomic E-state index is 11.9. The Labute approximate surface area is 123 Å². The van der Waals surface area contributed by atoms with Gasteiger partial charge in [0, 0.05) is 10.0 Å². The van der Waals surface area contributed by atoms with Gasteiger partial charge < -0.3 is 4.74 Å². The Morgan fingerprint density at radius 2 is 1.89 bits per heavy atom. The highest BCUT2D eigenvalue weighted by Gasteiger charge is 2.19. The van der Waals surface area contributed by atoms with Crippen molar-refractivity contribution in [2.24, 2.45) is 0 Å². The molecule has 0 unspecified atom stereocenters. The fourth-order valence-electron chi connectivity index (χ4n) is 1.27. The summed E-state index contributed by atoms with van der Waals surface area (Å²) < 4.78 is 5.92. The Morgan fingerprint density at radius 1 is 1.28 bits per heavy atom. The zero-order valence-electron chi connectivity index (χ0n) is 10.4. The first-order valence-electron chi connectivity index (χ1n) is 5.36. The molecule has 0 spiro atoms. The molecule has 0 aliphatic carbocycles. The maximum Gasteiger partial charge on any atom is 0.338 e. The van der Waals surface area contributed by atoms with Crippen LogP contribution in [0.4, 0.5) is 0 Å². The normalized spacial score (nSPS) is 11.2. The second-order valence-corrected chi connectivity index (χ2v) is 6.17. The van der Waals surface area contributed by atoms with Gasteiger partial charge >= 0.3 is 5.97 Å². The van der Waals surface area contributed by atoms with Gasteiger partial charge in [0.25, 0.3) is 0 Å². The third-order valence-corrected chi connectivity index (χ3v) is 3.22. The lowest BCUT2D eigenvalue weighted by Gasteiger charge is -2.19. The summed E-state index contributed by atoms with van der Waals surface area (Å²) in [4.78, 5) is 23.5. The van der Waals surface area contributed by atoms with Gasteiger partial charge in [-0.05, 0) is 39.0 Å². The number of benzene rings is 1. The van der Waals surface area contributed by atoms with Crippen molar-refractivity contribution in [1.29, 1.82) is 0 Å². The van der Waals surface area contributed by atoms with Crippen LogP contribution < -0.4 is 0 Å². The van der Waals surface area contributed by atoms with Crippen molar-refractivity contribution in [3.8, 4) is 0 Å². The summed E-state index contributed by atoms with van der Waals surface area (Å²) in [5.74, 6) is -0.522. The molecule has 98 valence electrons. The van der Waals surface area contributed by atoms with Crippen LogP contribution in [0.1, 0.15) is 41.5 Å². The lowest BCUT2D eigenvalue weighted by molar-refractivity contribution is 0.00695. The number of Topliss-reactive ketones (excluding diaryl/α,β-unsaturated/α-hetero) is 1. The zero-order chi connectivity index (χ0) is 13.9. The first-order chi connectivity index (χ1) is 8.24. The molecule has 0 fully saturated rings. The number of ketones is 1. The summed E-state index contributed by atoms with van der Waals surface area (Å²) >= 11 is 6.40. The number of esters is 1. The number of carbonyl (C=O) groups excluding carboxylic acids is 2. The summed E-state index contributed by atoms with van der Waals surface area (Å²) in [6.07, 6.45) is 0. The largest absolute Gasteiger partial charge is 0.456 e. The molecular formula is C13H14Br2O3. The van der Waals surface area contributed by atoms with Crippen LogP contribution in [0.3, 0.4) is 0 Å². The molecule has 0 saturated heterocycles. The fraction of sp³-hybridized carbons (Fsp3) is 0.385. The molecule has 0 N–H and O–H groups in total. The number of ether oxygens (including phenoxy) is 1. The second kappa shape index (κ2) is 5.97.